The molecule has 3 rings (SSSR count). The smallest absolute Gasteiger partial charge is 0.144 e. The number of aliphatic hydroxyl groups is 1. The van der Waals surface area contributed by atoms with Crippen molar-refractivity contribution in [1.82, 2.24) is 9.38 Å². The van der Waals surface area contributed by atoms with Crippen LogP contribution in [0.2, 0.25) is 0 Å². The van der Waals surface area contributed by atoms with Crippen molar-refractivity contribution in [3.05, 3.63) is 60.6 Å². The number of imidazole rings is 1. The van der Waals surface area contributed by atoms with E-state index in [-0.39, 0.29) is 6.61 Å². The van der Waals surface area contributed by atoms with E-state index >= 15 is 0 Å². The number of rotatable bonds is 2. The van der Waals surface area contributed by atoms with E-state index in [0.29, 0.717) is 0 Å². The lowest BCUT2D eigenvalue weighted by molar-refractivity contribution is 0.282. The first-order valence-corrected chi connectivity index (χ1v) is 5.50. The zero-order valence-electron chi connectivity index (χ0n) is 9.24. The summed E-state index contributed by atoms with van der Waals surface area (Å²) in [6.45, 7) is 0.0772. The summed E-state index contributed by atoms with van der Waals surface area (Å²) in [6, 6.07) is 11.9. The van der Waals surface area contributed by atoms with Crippen LogP contribution in [0.25, 0.3) is 16.8 Å². The Morgan fingerprint density at radius 1 is 1.06 bits per heavy atom. The van der Waals surface area contributed by atoms with Gasteiger partial charge in [-0.05, 0) is 23.3 Å². The first-order valence-electron chi connectivity index (χ1n) is 5.50. The summed E-state index contributed by atoms with van der Waals surface area (Å²) in [5, 5.41) is 9.02. The third-order valence-corrected chi connectivity index (χ3v) is 2.87. The van der Waals surface area contributed by atoms with E-state index in [1.54, 1.807) is 6.20 Å². The summed E-state index contributed by atoms with van der Waals surface area (Å²) in [7, 11) is 0. The Hall–Kier alpha value is -2.13. The first kappa shape index (κ1) is 10.1. The topological polar surface area (TPSA) is 37.5 Å². The van der Waals surface area contributed by atoms with Crippen LogP contribution in [0.4, 0.5) is 0 Å². The Balaban J connectivity index is 2.16. The molecule has 0 saturated carbocycles. The second-order valence-corrected chi connectivity index (χ2v) is 3.94. The van der Waals surface area contributed by atoms with Gasteiger partial charge in [-0.25, -0.2) is 4.98 Å². The van der Waals surface area contributed by atoms with Crippen LogP contribution < -0.4 is 0 Å². The monoisotopic (exact) mass is 224 g/mol. The number of hydrogen-bond donors (Lipinski definition) is 1. The summed E-state index contributed by atoms with van der Waals surface area (Å²) in [4.78, 5) is 4.35. The molecule has 17 heavy (non-hydrogen) atoms. The van der Waals surface area contributed by atoms with Crippen LogP contribution in [0.5, 0.6) is 0 Å². The Labute approximate surface area is 99.0 Å². The molecule has 0 aliphatic carbocycles. The van der Waals surface area contributed by atoms with Crippen LogP contribution in [-0.2, 0) is 6.61 Å². The summed E-state index contributed by atoms with van der Waals surface area (Å²) in [5.74, 6) is 0. The van der Waals surface area contributed by atoms with Crippen molar-refractivity contribution < 1.29 is 5.11 Å². The fraction of sp³-hybridized carbons (Fsp3) is 0.0714. The number of pyridine rings is 1. The van der Waals surface area contributed by atoms with Gasteiger partial charge in [-0.15, -0.1) is 0 Å². The highest BCUT2D eigenvalue weighted by atomic mass is 16.3. The Morgan fingerprint density at radius 2 is 1.88 bits per heavy atom. The molecule has 0 unspecified atom stereocenters. The second-order valence-electron chi connectivity index (χ2n) is 3.94. The molecule has 0 spiro atoms. The van der Waals surface area contributed by atoms with Gasteiger partial charge in [0.15, 0.2) is 0 Å². The largest absolute Gasteiger partial charge is 0.392 e. The SMILES string of the molecule is OCc1ccc(-c2cccn3ccnc23)cc1. The molecular formula is C14H12N2O. The lowest BCUT2D eigenvalue weighted by Gasteiger charge is -2.04. The number of fused-ring (bicyclic) bond motifs is 1. The lowest BCUT2D eigenvalue weighted by atomic mass is 10.1. The molecule has 0 fully saturated rings. The van der Waals surface area contributed by atoms with E-state index in [0.717, 1.165) is 22.3 Å². The van der Waals surface area contributed by atoms with Crippen molar-refractivity contribution >= 4 is 5.65 Å². The maximum atomic E-state index is 9.02. The summed E-state index contributed by atoms with van der Waals surface area (Å²) in [5.41, 5.74) is 4.08. The minimum atomic E-state index is 0.0772. The first-order chi connectivity index (χ1) is 8.38. The zero-order valence-corrected chi connectivity index (χ0v) is 9.24. The maximum Gasteiger partial charge on any atom is 0.144 e. The molecule has 0 aliphatic rings. The van der Waals surface area contributed by atoms with E-state index in [2.05, 4.69) is 11.1 Å². The molecule has 0 saturated heterocycles. The summed E-state index contributed by atoms with van der Waals surface area (Å²) >= 11 is 0. The van der Waals surface area contributed by atoms with Crippen LogP contribution in [-0.4, -0.2) is 14.5 Å². The van der Waals surface area contributed by atoms with Crippen LogP contribution in [0.1, 0.15) is 5.56 Å². The molecule has 3 nitrogen and oxygen atoms in total. The molecular weight excluding hydrogens is 212 g/mol. The predicted molar refractivity (Wildman–Crippen MR) is 66.6 cm³/mol. The summed E-state index contributed by atoms with van der Waals surface area (Å²) in [6.07, 6.45) is 5.70. The van der Waals surface area contributed by atoms with Crippen molar-refractivity contribution in [2.45, 2.75) is 6.61 Å². The van der Waals surface area contributed by atoms with Crippen LogP contribution >= 0.6 is 0 Å². The number of nitrogens with zero attached hydrogens (tertiary/aromatic N) is 2. The van der Waals surface area contributed by atoms with Gasteiger partial charge in [0.2, 0.25) is 0 Å². The van der Waals surface area contributed by atoms with E-state index in [1.165, 1.54) is 0 Å². The van der Waals surface area contributed by atoms with Gasteiger partial charge in [0, 0.05) is 24.2 Å². The van der Waals surface area contributed by atoms with Gasteiger partial charge >= 0.3 is 0 Å². The third-order valence-electron chi connectivity index (χ3n) is 2.87. The van der Waals surface area contributed by atoms with Crippen molar-refractivity contribution in [3.63, 3.8) is 0 Å². The van der Waals surface area contributed by atoms with Gasteiger partial charge in [-0.3, -0.25) is 0 Å². The molecule has 2 aromatic heterocycles. The fourth-order valence-corrected chi connectivity index (χ4v) is 1.96. The van der Waals surface area contributed by atoms with Crippen molar-refractivity contribution in [2.24, 2.45) is 0 Å². The van der Waals surface area contributed by atoms with Gasteiger partial charge in [0.25, 0.3) is 0 Å². The van der Waals surface area contributed by atoms with Crippen LogP contribution in [0.3, 0.4) is 0 Å². The van der Waals surface area contributed by atoms with Gasteiger partial charge in [0.05, 0.1) is 6.61 Å². The minimum absolute atomic E-state index is 0.0772. The van der Waals surface area contributed by atoms with Crippen LogP contribution in [0, 0.1) is 0 Å². The molecule has 3 heteroatoms. The molecule has 2 heterocycles. The standard InChI is InChI=1S/C14H12N2O/c17-10-11-3-5-12(6-4-11)13-2-1-8-16-9-7-15-14(13)16/h1-9,17H,10H2. The Morgan fingerprint density at radius 3 is 2.65 bits per heavy atom. The number of aliphatic hydroxyl groups excluding tert-OH is 1. The molecule has 3 aromatic rings. The highest BCUT2D eigenvalue weighted by Gasteiger charge is 2.04. The van der Waals surface area contributed by atoms with Crippen molar-refractivity contribution in [3.8, 4) is 11.1 Å². The van der Waals surface area contributed by atoms with Crippen molar-refractivity contribution in [1.29, 1.82) is 0 Å². The van der Waals surface area contributed by atoms with E-state index in [4.69, 9.17) is 5.11 Å². The van der Waals surface area contributed by atoms with Gasteiger partial charge in [-0.1, -0.05) is 24.3 Å². The molecule has 0 radical (unpaired) electrons. The molecule has 0 amide bonds. The fourth-order valence-electron chi connectivity index (χ4n) is 1.96. The normalized spacial score (nSPS) is 10.9. The number of aromatic nitrogens is 2. The van der Waals surface area contributed by atoms with Gasteiger partial charge in [0.1, 0.15) is 5.65 Å². The van der Waals surface area contributed by atoms with E-state index < -0.39 is 0 Å². The number of hydrogen-bond acceptors (Lipinski definition) is 2. The Kier molecular flexibility index (Phi) is 2.38. The predicted octanol–water partition coefficient (Wildman–Crippen LogP) is 2.49. The van der Waals surface area contributed by atoms with E-state index in [9.17, 15) is 0 Å². The zero-order chi connectivity index (χ0) is 11.7. The Bertz CT molecular complexity index is 641. The molecule has 0 aliphatic heterocycles. The van der Waals surface area contributed by atoms with Crippen molar-refractivity contribution in [2.75, 3.05) is 0 Å². The molecule has 0 bridgehead atoms. The van der Waals surface area contributed by atoms with Crippen LogP contribution in [0.15, 0.2) is 55.0 Å². The second kappa shape index (κ2) is 4.03. The quantitative estimate of drug-likeness (QED) is 0.726. The molecule has 84 valence electrons. The van der Waals surface area contributed by atoms with E-state index in [1.807, 2.05) is 47.1 Å². The van der Waals surface area contributed by atoms with Gasteiger partial charge in [-0.2, -0.15) is 0 Å². The maximum absolute atomic E-state index is 9.02. The summed E-state index contributed by atoms with van der Waals surface area (Å²) < 4.78 is 2.00. The molecule has 1 aromatic carbocycles. The highest BCUT2D eigenvalue weighted by molar-refractivity contribution is 5.77. The molecule has 1 N–H and O–H groups in total. The average molecular weight is 224 g/mol. The average Bonchev–Trinajstić information content (AvgIpc) is 2.87. The lowest BCUT2D eigenvalue weighted by Crippen LogP contribution is -1.88. The number of benzene rings is 1. The van der Waals surface area contributed by atoms with Gasteiger partial charge < -0.3 is 9.51 Å². The highest BCUT2D eigenvalue weighted by Crippen LogP contribution is 2.23. The third kappa shape index (κ3) is 1.70. The minimum Gasteiger partial charge on any atom is -0.392 e. The molecule has 0 atom stereocenters.